The molecule has 0 bridgehead atoms. The van der Waals surface area contributed by atoms with Gasteiger partial charge < -0.3 is 15.3 Å². The maximum absolute atomic E-state index is 9.65. The number of nitrogens with zero attached hydrogens (tertiary/aromatic N) is 1. The molecular weight excluding hydrogens is 236 g/mol. The molecule has 2 saturated carbocycles. The van der Waals surface area contributed by atoms with Crippen LogP contribution in [0, 0.1) is 5.92 Å². The van der Waals surface area contributed by atoms with E-state index in [1.807, 2.05) is 0 Å². The van der Waals surface area contributed by atoms with E-state index in [4.69, 9.17) is 0 Å². The highest BCUT2D eigenvalue weighted by Gasteiger charge is 2.32. The van der Waals surface area contributed by atoms with Crippen LogP contribution in [0.25, 0.3) is 0 Å². The fourth-order valence-electron chi connectivity index (χ4n) is 3.33. The molecule has 0 radical (unpaired) electrons. The van der Waals surface area contributed by atoms with E-state index >= 15 is 0 Å². The van der Waals surface area contributed by atoms with Gasteiger partial charge in [-0.15, -0.1) is 0 Å². The predicted molar refractivity (Wildman–Crippen MR) is 80.3 cm³/mol. The average Bonchev–Trinajstić information content (AvgIpc) is 3.20. The van der Waals surface area contributed by atoms with Gasteiger partial charge in [-0.25, -0.2) is 0 Å². The van der Waals surface area contributed by atoms with Crippen LogP contribution in [0.2, 0.25) is 0 Å². The van der Waals surface area contributed by atoms with Crippen LogP contribution in [0.4, 0.5) is 0 Å². The Labute approximate surface area is 118 Å². The van der Waals surface area contributed by atoms with Crippen molar-refractivity contribution < 1.29 is 5.11 Å². The van der Waals surface area contributed by atoms with Gasteiger partial charge in [0.15, 0.2) is 0 Å². The summed E-state index contributed by atoms with van der Waals surface area (Å²) in [6.07, 6.45) is 9.10. The molecule has 0 aromatic carbocycles. The quantitative estimate of drug-likeness (QED) is 0.744. The molecule has 3 unspecified atom stereocenters. The summed E-state index contributed by atoms with van der Waals surface area (Å²) in [5.41, 5.74) is -0.0876. The Balaban J connectivity index is 1.75. The van der Waals surface area contributed by atoms with E-state index < -0.39 is 0 Å². The van der Waals surface area contributed by atoms with Gasteiger partial charge in [-0.3, -0.25) is 0 Å². The lowest BCUT2D eigenvalue weighted by Crippen LogP contribution is -2.49. The second kappa shape index (κ2) is 6.55. The average molecular weight is 268 g/mol. The Morgan fingerprint density at radius 3 is 2.58 bits per heavy atom. The normalized spacial score (nSPS) is 31.4. The Kier molecular flexibility index (Phi) is 5.27. The smallest absolute Gasteiger partial charge is 0.0611 e. The van der Waals surface area contributed by atoms with Gasteiger partial charge in [0.05, 0.1) is 6.61 Å². The summed E-state index contributed by atoms with van der Waals surface area (Å²) in [5, 5.41) is 13.3. The zero-order valence-corrected chi connectivity index (χ0v) is 13.0. The van der Waals surface area contributed by atoms with Crippen LogP contribution >= 0.6 is 0 Å². The van der Waals surface area contributed by atoms with E-state index in [1.165, 1.54) is 38.5 Å². The largest absolute Gasteiger partial charge is 0.394 e. The summed E-state index contributed by atoms with van der Waals surface area (Å²) in [5.74, 6) is 0.884. The number of aliphatic hydroxyl groups excluding tert-OH is 1. The van der Waals surface area contributed by atoms with Crippen molar-refractivity contribution in [1.82, 2.24) is 10.2 Å². The maximum atomic E-state index is 9.65. The zero-order chi connectivity index (χ0) is 13.9. The van der Waals surface area contributed by atoms with Crippen molar-refractivity contribution in [2.75, 3.05) is 20.2 Å². The molecule has 2 aliphatic rings. The van der Waals surface area contributed by atoms with Crippen molar-refractivity contribution in [3.05, 3.63) is 0 Å². The second-order valence-electron chi connectivity index (χ2n) is 7.29. The van der Waals surface area contributed by atoms with Gasteiger partial charge in [-0.2, -0.15) is 0 Å². The molecule has 0 heterocycles. The summed E-state index contributed by atoms with van der Waals surface area (Å²) in [6, 6.07) is 1.42. The highest BCUT2D eigenvalue weighted by Crippen LogP contribution is 2.28. The van der Waals surface area contributed by atoms with E-state index in [-0.39, 0.29) is 12.1 Å². The number of hydrogen-bond acceptors (Lipinski definition) is 3. The van der Waals surface area contributed by atoms with Crippen molar-refractivity contribution >= 4 is 0 Å². The third-order valence-corrected chi connectivity index (χ3v) is 5.03. The minimum Gasteiger partial charge on any atom is -0.394 e. The summed E-state index contributed by atoms with van der Waals surface area (Å²) >= 11 is 0. The Bertz CT molecular complexity index is 280. The Morgan fingerprint density at radius 1 is 1.26 bits per heavy atom. The molecule has 0 aliphatic heterocycles. The van der Waals surface area contributed by atoms with Gasteiger partial charge in [-0.05, 0) is 58.5 Å². The van der Waals surface area contributed by atoms with Crippen LogP contribution < -0.4 is 5.32 Å². The van der Waals surface area contributed by atoms with Gasteiger partial charge in [0.1, 0.15) is 0 Å². The number of hydrogen-bond donors (Lipinski definition) is 2. The first-order valence-electron chi connectivity index (χ1n) is 8.11. The first-order valence-corrected chi connectivity index (χ1v) is 8.11. The highest BCUT2D eigenvalue weighted by molar-refractivity contribution is 4.93. The summed E-state index contributed by atoms with van der Waals surface area (Å²) in [4.78, 5) is 2.53. The molecule has 0 aromatic rings. The third kappa shape index (κ3) is 4.73. The molecule has 2 N–H and O–H groups in total. The van der Waals surface area contributed by atoms with E-state index in [2.05, 4.69) is 31.1 Å². The summed E-state index contributed by atoms with van der Waals surface area (Å²) < 4.78 is 0. The lowest BCUT2D eigenvalue weighted by molar-refractivity contribution is 0.119. The third-order valence-electron chi connectivity index (χ3n) is 5.03. The lowest BCUT2D eigenvalue weighted by atomic mass is 9.86. The molecule has 0 aromatic heterocycles. The SMILES string of the molecule is CC1CCCC(N(C)CCC(C)(CO)NC2CC2)C1. The number of aliphatic hydroxyl groups is 1. The van der Waals surface area contributed by atoms with Gasteiger partial charge in [0.25, 0.3) is 0 Å². The van der Waals surface area contributed by atoms with E-state index in [0.29, 0.717) is 6.04 Å². The minimum atomic E-state index is -0.0876. The van der Waals surface area contributed by atoms with Crippen LogP contribution in [0.3, 0.4) is 0 Å². The Morgan fingerprint density at radius 2 is 2.00 bits per heavy atom. The molecule has 2 fully saturated rings. The first kappa shape index (κ1) is 15.3. The van der Waals surface area contributed by atoms with E-state index in [1.54, 1.807) is 0 Å². The minimum absolute atomic E-state index is 0.0876. The van der Waals surface area contributed by atoms with Crippen LogP contribution in [0.15, 0.2) is 0 Å². The van der Waals surface area contributed by atoms with Gasteiger partial charge in [0, 0.05) is 17.6 Å². The van der Waals surface area contributed by atoms with Gasteiger partial charge in [-0.1, -0.05) is 19.8 Å². The zero-order valence-electron chi connectivity index (χ0n) is 13.0. The fourth-order valence-corrected chi connectivity index (χ4v) is 3.33. The first-order chi connectivity index (χ1) is 9.02. The fraction of sp³-hybridized carbons (Fsp3) is 1.00. The molecule has 3 heteroatoms. The maximum Gasteiger partial charge on any atom is 0.0611 e. The van der Waals surface area contributed by atoms with Crippen molar-refractivity contribution in [1.29, 1.82) is 0 Å². The summed E-state index contributed by atoms with van der Waals surface area (Å²) in [7, 11) is 2.26. The molecule has 112 valence electrons. The number of rotatable bonds is 7. The van der Waals surface area contributed by atoms with Crippen LogP contribution in [0.1, 0.15) is 58.8 Å². The van der Waals surface area contributed by atoms with Gasteiger partial charge in [0.2, 0.25) is 0 Å². The number of nitrogens with one attached hydrogen (secondary N) is 1. The predicted octanol–water partition coefficient (Wildman–Crippen LogP) is 2.39. The second-order valence-corrected chi connectivity index (χ2v) is 7.29. The van der Waals surface area contributed by atoms with Gasteiger partial charge >= 0.3 is 0 Å². The van der Waals surface area contributed by atoms with Crippen LogP contribution in [0.5, 0.6) is 0 Å². The monoisotopic (exact) mass is 268 g/mol. The van der Waals surface area contributed by atoms with Crippen LogP contribution in [-0.4, -0.2) is 47.8 Å². The lowest BCUT2D eigenvalue weighted by Gasteiger charge is -2.37. The van der Waals surface area contributed by atoms with Crippen molar-refractivity contribution in [2.24, 2.45) is 5.92 Å². The standard InChI is InChI=1S/C16H32N2O/c1-13-5-4-6-15(11-13)18(3)10-9-16(2,12-19)17-14-7-8-14/h13-15,17,19H,4-12H2,1-3H3. The van der Waals surface area contributed by atoms with E-state index in [0.717, 1.165) is 24.9 Å². The van der Waals surface area contributed by atoms with E-state index in [9.17, 15) is 5.11 Å². The molecule has 0 amide bonds. The molecule has 3 atom stereocenters. The highest BCUT2D eigenvalue weighted by atomic mass is 16.3. The molecule has 2 rings (SSSR count). The molecule has 2 aliphatic carbocycles. The molecule has 0 spiro atoms. The van der Waals surface area contributed by atoms with Crippen LogP contribution in [-0.2, 0) is 0 Å². The molecule has 19 heavy (non-hydrogen) atoms. The summed E-state index contributed by atoms with van der Waals surface area (Å²) in [6.45, 7) is 5.89. The topological polar surface area (TPSA) is 35.5 Å². The molecule has 3 nitrogen and oxygen atoms in total. The Hall–Kier alpha value is -0.120. The molecular formula is C16H32N2O. The van der Waals surface area contributed by atoms with Crippen molar-refractivity contribution in [2.45, 2.75) is 76.4 Å². The van der Waals surface area contributed by atoms with Crippen molar-refractivity contribution in [3.63, 3.8) is 0 Å². The van der Waals surface area contributed by atoms with Crippen molar-refractivity contribution in [3.8, 4) is 0 Å². The molecule has 0 saturated heterocycles.